The maximum absolute atomic E-state index is 10.8. The van der Waals surface area contributed by atoms with Gasteiger partial charge < -0.3 is 10.0 Å². The Hall–Kier alpha value is -1.40. The standard InChI is InChI=1S/C11H12N2O2S2/c1-7-12-8(5-16-7)4-13(2)9-3-10(11(14)15)17-6-9/h3,5-6H,4H2,1-2H3,(H,14,15). The average molecular weight is 268 g/mol. The molecule has 0 aliphatic heterocycles. The van der Waals surface area contributed by atoms with E-state index in [1.165, 1.54) is 11.3 Å². The van der Waals surface area contributed by atoms with Crippen molar-refractivity contribution in [1.29, 1.82) is 0 Å². The predicted octanol–water partition coefficient (Wildman–Crippen LogP) is 2.85. The molecule has 2 aromatic heterocycles. The number of thiophene rings is 1. The fraction of sp³-hybridized carbons (Fsp3) is 0.273. The highest BCUT2D eigenvalue weighted by Gasteiger charge is 2.10. The summed E-state index contributed by atoms with van der Waals surface area (Å²) in [5.41, 5.74) is 1.93. The number of hydrogen-bond acceptors (Lipinski definition) is 5. The summed E-state index contributed by atoms with van der Waals surface area (Å²) in [4.78, 5) is 17.5. The second kappa shape index (κ2) is 4.85. The van der Waals surface area contributed by atoms with Crippen molar-refractivity contribution in [2.24, 2.45) is 0 Å². The Kier molecular flexibility index (Phi) is 3.44. The van der Waals surface area contributed by atoms with Gasteiger partial charge in [0.25, 0.3) is 0 Å². The first-order valence-corrected chi connectivity index (χ1v) is 6.76. The van der Waals surface area contributed by atoms with E-state index in [0.29, 0.717) is 11.4 Å². The van der Waals surface area contributed by atoms with Gasteiger partial charge in [-0.25, -0.2) is 9.78 Å². The van der Waals surface area contributed by atoms with Crippen LogP contribution in [0.4, 0.5) is 5.69 Å². The first-order chi connectivity index (χ1) is 8.06. The lowest BCUT2D eigenvalue weighted by Gasteiger charge is -2.15. The van der Waals surface area contributed by atoms with Crippen LogP contribution in [0.3, 0.4) is 0 Å². The predicted molar refractivity (Wildman–Crippen MR) is 70.2 cm³/mol. The zero-order chi connectivity index (χ0) is 12.4. The zero-order valence-electron chi connectivity index (χ0n) is 9.51. The molecule has 0 aromatic carbocycles. The van der Waals surface area contributed by atoms with E-state index in [1.807, 2.05) is 29.6 Å². The Bertz CT molecular complexity index is 533. The molecule has 17 heavy (non-hydrogen) atoms. The van der Waals surface area contributed by atoms with E-state index in [9.17, 15) is 4.79 Å². The molecule has 1 N–H and O–H groups in total. The Morgan fingerprint density at radius 1 is 1.47 bits per heavy atom. The lowest BCUT2D eigenvalue weighted by molar-refractivity contribution is 0.0702. The minimum Gasteiger partial charge on any atom is -0.477 e. The molecule has 0 saturated carbocycles. The number of rotatable bonds is 4. The van der Waals surface area contributed by atoms with Gasteiger partial charge in [-0.3, -0.25) is 0 Å². The van der Waals surface area contributed by atoms with E-state index in [2.05, 4.69) is 4.98 Å². The Morgan fingerprint density at radius 2 is 2.24 bits per heavy atom. The molecule has 0 fully saturated rings. The molecular weight excluding hydrogens is 256 g/mol. The van der Waals surface area contributed by atoms with Gasteiger partial charge in [0.2, 0.25) is 0 Å². The zero-order valence-corrected chi connectivity index (χ0v) is 11.1. The third-order valence-corrected chi connectivity index (χ3v) is 4.03. The molecule has 6 heteroatoms. The fourth-order valence-electron chi connectivity index (χ4n) is 1.45. The van der Waals surface area contributed by atoms with Crippen molar-refractivity contribution in [3.05, 3.63) is 32.4 Å². The molecule has 0 atom stereocenters. The quantitative estimate of drug-likeness (QED) is 0.926. The molecule has 2 rings (SSSR count). The number of aromatic nitrogens is 1. The maximum Gasteiger partial charge on any atom is 0.345 e. The summed E-state index contributed by atoms with van der Waals surface area (Å²) in [6.07, 6.45) is 0. The number of nitrogens with zero attached hydrogens (tertiary/aromatic N) is 2. The lowest BCUT2D eigenvalue weighted by Crippen LogP contribution is -2.15. The number of aromatic carboxylic acids is 1. The van der Waals surface area contributed by atoms with Gasteiger partial charge >= 0.3 is 5.97 Å². The van der Waals surface area contributed by atoms with Gasteiger partial charge in [-0.1, -0.05) is 0 Å². The van der Waals surface area contributed by atoms with Crippen LogP contribution in [0.1, 0.15) is 20.4 Å². The summed E-state index contributed by atoms with van der Waals surface area (Å²) in [6, 6.07) is 1.69. The minimum absolute atomic E-state index is 0.362. The number of hydrogen-bond donors (Lipinski definition) is 1. The van der Waals surface area contributed by atoms with Crippen molar-refractivity contribution in [3.8, 4) is 0 Å². The number of aryl methyl sites for hydroxylation is 1. The molecule has 90 valence electrons. The smallest absolute Gasteiger partial charge is 0.345 e. The van der Waals surface area contributed by atoms with Crippen molar-refractivity contribution < 1.29 is 9.90 Å². The van der Waals surface area contributed by atoms with Crippen molar-refractivity contribution in [1.82, 2.24) is 4.98 Å². The monoisotopic (exact) mass is 268 g/mol. The second-order valence-corrected chi connectivity index (χ2v) is 5.66. The number of carboxylic acid groups (broad SMARTS) is 1. The molecule has 0 amide bonds. The summed E-state index contributed by atoms with van der Waals surface area (Å²) < 4.78 is 0. The normalized spacial score (nSPS) is 10.5. The molecule has 0 aliphatic carbocycles. The molecule has 2 heterocycles. The van der Waals surface area contributed by atoms with Crippen molar-refractivity contribution >= 4 is 34.3 Å². The first kappa shape index (κ1) is 12.1. The molecule has 2 aromatic rings. The topological polar surface area (TPSA) is 53.4 Å². The first-order valence-electron chi connectivity index (χ1n) is 5.00. The van der Waals surface area contributed by atoms with Gasteiger partial charge in [0, 0.05) is 23.5 Å². The van der Waals surface area contributed by atoms with Crippen LogP contribution in [0.5, 0.6) is 0 Å². The van der Waals surface area contributed by atoms with Gasteiger partial charge in [-0.15, -0.1) is 22.7 Å². The van der Waals surface area contributed by atoms with Crippen LogP contribution in [-0.2, 0) is 6.54 Å². The Balaban J connectivity index is 2.08. The fourth-order valence-corrected chi connectivity index (χ4v) is 2.84. The molecule has 4 nitrogen and oxygen atoms in total. The van der Waals surface area contributed by atoms with Crippen LogP contribution >= 0.6 is 22.7 Å². The largest absolute Gasteiger partial charge is 0.477 e. The molecule has 0 aliphatic rings. The molecule has 0 unspecified atom stereocenters. The van der Waals surface area contributed by atoms with E-state index in [0.717, 1.165) is 16.4 Å². The van der Waals surface area contributed by atoms with Crippen LogP contribution in [-0.4, -0.2) is 23.1 Å². The molecular formula is C11H12N2O2S2. The second-order valence-electron chi connectivity index (χ2n) is 3.69. The third-order valence-electron chi connectivity index (χ3n) is 2.30. The summed E-state index contributed by atoms with van der Waals surface area (Å²) in [5, 5.41) is 13.8. The Labute approximate surface area is 107 Å². The van der Waals surface area contributed by atoms with Gasteiger partial charge in [-0.2, -0.15) is 0 Å². The summed E-state index contributed by atoms with van der Waals surface area (Å²) >= 11 is 2.87. The van der Waals surface area contributed by atoms with Crippen LogP contribution in [0, 0.1) is 6.92 Å². The number of anilines is 1. The van der Waals surface area contributed by atoms with Gasteiger partial charge in [0.15, 0.2) is 0 Å². The molecule has 0 saturated heterocycles. The minimum atomic E-state index is -0.876. The number of thiazole rings is 1. The Morgan fingerprint density at radius 3 is 2.76 bits per heavy atom. The maximum atomic E-state index is 10.8. The summed E-state index contributed by atoms with van der Waals surface area (Å²) in [6.45, 7) is 2.67. The van der Waals surface area contributed by atoms with Crippen molar-refractivity contribution in [2.45, 2.75) is 13.5 Å². The van der Waals surface area contributed by atoms with E-state index in [4.69, 9.17) is 5.11 Å². The van der Waals surface area contributed by atoms with Crippen molar-refractivity contribution in [3.63, 3.8) is 0 Å². The third kappa shape index (κ3) is 2.83. The molecule has 0 bridgehead atoms. The van der Waals surface area contributed by atoms with E-state index in [1.54, 1.807) is 17.4 Å². The molecule has 0 spiro atoms. The van der Waals surface area contributed by atoms with Crippen LogP contribution in [0.25, 0.3) is 0 Å². The van der Waals surface area contributed by atoms with Crippen LogP contribution < -0.4 is 4.90 Å². The van der Waals surface area contributed by atoms with Gasteiger partial charge in [0.05, 0.1) is 17.2 Å². The van der Waals surface area contributed by atoms with Gasteiger partial charge in [0.1, 0.15) is 4.88 Å². The summed E-state index contributed by atoms with van der Waals surface area (Å²) in [7, 11) is 1.93. The van der Waals surface area contributed by atoms with E-state index in [-0.39, 0.29) is 0 Å². The molecule has 0 radical (unpaired) electrons. The number of carboxylic acids is 1. The highest BCUT2D eigenvalue weighted by molar-refractivity contribution is 7.12. The number of carbonyl (C=O) groups is 1. The van der Waals surface area contributed by atoms with E-state index < -0.39 is 5.97 Å². The highest BCUT2D eigenvalue weighted by Crippen LogP contribution is 2.23. The average Bonchev–Trinajstić information content (AvgIpc) is 2.86. The van der Waals surface area contributed by atoms with Crippen LogP contribution in [0.15, 0.2) is 16.8 Å². The lowest BCUT2D eigenvalue weighted by atomic mass is 10.3. The SMILES string of the molecule is Cc1nc(CN(C)c2csc(C(=O)O)c2)cs1. The van der Waals surface area contributed by atoms with Gasteiger partial charge in [-0.05, 0) is 13.0 Å². The van der Waals surface area contributed by atoms with E-state index >= 15 is 0 Å². The van der Waals surface area contributed by atoms with Crippen LogP contribution in [0.2, 0.25) is 0 Å². The summed E-state index contributed by atoms with van der Waals surface area (Å²) in [5.74, 6) is -0.876. The highest BCUT2D eigenvalue weighted by atomic mass is 32.1. The van der Waals surface area contributed by atoms with Crippen molar-refractivity contribution in [2.75, 3.05) is 11.9 Å².